The quantitative estimate of drug-likeness (QED) is 0.803. The van der Waals surface area contributed by atoms with E-state index in [1.165, 1.54) is 4.31 Å². The number of piperidine rings is 1. The van der Waals surface area contributed by atoms with Gasteiger partial charge in [-0.1, -0.05) is 6.92 Å². The first kappa shape index (κ1) is 13.4. The molecule has 1 heterocycles. The Morgan fingerprint density at radius 3 is 2.25 bits per heavy atom. The highest BCUT2D eigenvalue weighted by Gasteiger charge is 2.39. The van der Waals surface area contributed by atoms with Crippen molar-refractivity contribution < 1.29 is 18.3 Å². The zero-order valence-corrected chi connectivity index (χ0v) is 10.6. The molecule has 1 saturated heterocycles. The predicted molar refractivity (Wildman–Crippen MR) is 60.6 cm³/mol. The summed E-state index contributed by atoms with van der Waals surface area (Å²) in [5, 5.41) is 9.02. The monoisotopic (exact) mass is 249 g/mol. The zero-order chi connectivity index (χ0) is 12.4. The van der Waals surface area contributed by atoms with Crippen molar-refractivity contribution in [2.45, 2.75) is 33.1 Å². The molecule has 0 amide bonds. The Morgan fingerprint density at radius 1 is 1.38 bits per heavy atom. The fraction of sp³-hybridized carbons (Fsp3) is 0.900. The van der Waals surface area contributed by atoms with Crippen LogP contribution in [-0.4, -0.2) is 42.6 Å². The van der Waals surface area contributed by atoms with Crippen molar-refractivity contribution in [2.24, 2.45) is 5.41 Å². The van der Waals surface area contributed by atoms with Gasteiger partial charge in [0.2, 0.25) is 10.0 Å². The van der Waals surface area contributed by atoms with Crippen molar-refractivity contribution in [3.63, 3.8) is 0 Å². The van der Waals surface area contributed by atoms with Crippen molar-refractivity contribution in [2.75, 3.05) is 18.8 Å². The minimum absolute atomic E-state index is 0.150. The van der Waals surface area contributed by atoms with Gasteiger partial charge in [0.25, 0.3) is 0 Å². The molecule has 1 N–H and O–H groups in total. The van der Waals surface area contributed by atoms with E-state index in [-0.39, 0.29) is 5.75 Å². The Hall–Kier alpha value is -0.620. The van der Waals surface area contributed by atoms with E-state index in [2.05, 4.69) is 0 Å². The van der Waals surface area contributed by atoms with Gasteiger partial charge in [0, 0.05) is 13.1 Å². The maximum atomic E-state index is 11.7. The van der Waals surface area contributed by atoms with Crippen LogP contribution in [0.1, 0.15) is 33.1 Å². The molecule has 0 bridgehead atoms. The third-order valence-corrected chi connectivity index (χ3v) is 5.27. The Kier molecular flexibility index (Phi) is 3.96. The second-order valence-corrected chi connectivity index (χ2v) is 6.67. The van der Waals surface area contributed by atoms with Crippen LogP contribution in [0.25, 0.3) is 0 Å². The second-order valence-electron chi connectivity index (χ2n) is 4.58. The third kappa shape index (κ3) is 2.74. The summed E-state index contributed by atoms with van der Waals surface area (Å²) < 4.78 is 24.9. The van der Waals surface area contributed by atoms with Crippen molar-refractivity contribution in [3.05, 3.63) is 0 Å². The van der Waals surface area contributed by atoms with Crippen LogP contribution in [0.4, 0.5) is 0 Å². The van der Waals surface area contributed by atoms with Crippen LogP contribution in [0.2, 0.25) is 0 Å². The number of aliphatic carboxylic acids is 1. The van der Waals surface area contributed by atoms with Gasteiger partial charge in [-0.2, -0.15) is 0 Å². The van der Waals surface area contributed by atoms with E-state index in [4.69, 9.17) is 5.11 Å². The Labute approximate surface area is 96.5 Å². The lowest BCUT2D eigenvalue weighted by atomic mass is 9.81. The molecule has 5 nitrogen and oxygen atoms in total. The van der Waals surface area contributed by atoms with Crippen LogP contribution in [0.5, 0.6) is 0 Å². The Morgan fingerprint density at radius 2 is 1.88 bits per heavy atom. The average molecular weight is 249 g/mol. The molecule has 1 aliphatic rings. The number of rotatable bonds is 4. The van der Waals surface area contributed by atoms with Crippen LogP contribution in [0, 0.1) is 5.41 Å². The minimum Gasteiger partial charge on any atom is -0.481 e. The van der Waals surface area contributed by atoms with Crippen molar-refractivity contribution >= 4 is 16.0 Å². The maximum Gasteiger partial charge on any atom is 0.309 e. The van der Waals surface area contributed by atoms with E-state index in [0.29, 0.717) is 32.4 Å². The molecule has 0 aliphatic carbocycles. The number of carboxylic acids is 1. The van der Waals surface area contributed by atoms with Gasteiger partial charge in [0.1, 0.15) is 0 Å². The van der Waals surface area contributed by atoms with E-state index in [0.717, 1.165) is 0 Å². The van der Waals surface area contributed by atoms with Gasteiger partial charge in [-0.15, -0.1) is 0 Å². The van der Waals surface area contributed by atoms with Gasteiger partial charge in [-0.05, 0) is 26.2 Å². The van der Waals surface area contributed by atoms with Crippen molar-refractivity contribution in [1.82, 2.24) is 4.31 Å². The summed E-state index contributed by atoms with van der Waals surface area (Å²) in [6, 6.07) is 0. The number of hydrogen-bond acceptors (Lipinski definition) is 3. The molecule has 0 atom stereocenters. The van der Waals surface area contributed by atoms with Crippen LogP contribution in [0.3, 0.4) is 0 Å². The maximum absolute atomic E-state index is 11.7. The normalized spacial score (nSPS) is 21.9. The van der Waals surface area contributed by atoms with Gasteiger partial charge in [0.05, 0.1) is 11.2 Å². The molecule has 0 unspecified atom stereocenters. The fourth-order valence-corrected chi connectivity index (χ4v) is 3.37. The number of carboxylic acid groups (broad SMARTS) is 1. The van der Waals surface area contributed by atoms with Gasteiger partial charge in [0.15, 0.2) is 0 Å². The largest absolute Gasteiger partial charge is 0.481 e. The summed E-state index contributed by atoms with van der Waals surface area (Å²) in [6.07, 6.45) is 1.38. The fourth-order valence-electron chi connectivity index (χ4n) is 1.86. The van der Waals surface area contributed by atoms with E-state index >= 15 is 0 Å². The lowest BCUT2D eigenvalue weighted by Crippen LogP contribution is -2.45. The summed E-state index contributed by atoms with van der Waals surface area (Å²) in [4.78, 5) is 11.0. The number of nitrogens with zero attached hydrogens (tertiary/aromatic N) is 1. The molecule has 94 valence electrons. The number of carbonyl (C=O) groups is 1. The van der Waals surface area contributed by atoms with Crippen LogP contribution < -0.4 is 0 Å². The van der Waals surface area contributed by atoms with E-state index < -0.39 is 21.4 Å². The molecule has 6 heteroatoms. The van der Waals surface area contributed by atoms with Gasteiger partial charge in [-0.25, -0.2) is 12.7 Å². The van der Waals surface area contributed by atoms with E-state index in [9.17, 15) is 13.2 Å². The topological polar surface area (TPSA) is 74.7 Å². The Bertz CT molecular complexity index is 355. The van der Waals surface area contributed by atoms with Crippen LogP contribution in [-0.2, 0) is 14.8 Å². The molecule has 1 aliphatic heterocycles. The summed E-state index contributed by atoms with van der Waals surface area (Å²) in [5.74, 6) is -0.684. The molecule has 1 rings (SSSR count). The van der Waals surface area contributed by atoms with Crippen molar-refractivity contribution in [3.8, 4) is 0 Å². The molecular formula is C10H19NO4S. The number of sulfonamides is 1. The third-order valence-electron chi connectivity index (χ3n) is 3.20. The SMILES string of the molecule is CCCS(=O)(=O)N1CCC(C)(C(=O)O)CC1. The molecule has 0 aromatic carbocycles. The Balaban J connectivity index is 2.66. The standard InChI is InChI=1S/C10H19NO4S/c1-3-8-16(14,15)11-6-4-10(2,5-7-11)9(12)13/h3-8H2,1-2H3,(H,12,13). The lowest BCUT2D eigenvalue weighted by molar-refractivity contribution is -0.150. The molecule has 0 radical (unpaired) electrons. The number of hydrogen-bond donors (Lipinski definition) is 1. The van der Waals surface area contributed by atoms with Gasteiger partial charge < -0.3 is 5.11 Å². The molecule has 16 heavy (non-hydrogen) atoms. The predicted octanol–water partition coefficient (Wildman–Crippen LogP) is 0.913. The van der Waals surface area contributed by atoms with Gasteiger partial charge in [-0.3, -0.25) is 4.79 Å². The van der Waals surface area contributed by atoms with Crippen LogP contribution in [0.15, 0.2) is 0 Å². The molecule has 1 fully saturated rings. The second kappa shape index (κ2) is 4.71. The molecule has 0 aromatic heterocycles. The highest BCUT2D eigenvalue weighted by molar-refractivity contribution is 7.89. The van der Waals surface area contributed by atoms with E-state index in [1.807, 2.05) is 6.92 Å². The highest BCUT2D eigenvalue weighted by Crippen LogP contribution is 2.32. The summed E-state index contributed by atoms with van der Waals surface area (Å²) in [7, 11) is -3.17. The summed E-state index contributed by atoms with van der Waals surface area (Å²) in [5.41, 5.74) is -0.766. The first-order chi connectivity index (χ1) is 7.32. The van der Waals surface area contributed by atoms with Crippen LogP contribution >= 0.6 is 0 Å². The average Bonchev–Trinajstić information content (AvgIpc) is 2.18. The zero-order valence-electron chi connectivity index (χ0n) is 9.77. The van der Waals surface area contributed by atoms with E-state index in [1.54, 1.807) is 6.92 Å². The van der Waals surface area contributed by atoms with Gasteiger partial charge >= 0.3 is 5.97 Å². The summed E-state index contributed by atoms with van der Waals surface area (Å²) >= 11 is 0. The smallest absolute Gasteiger partial charge is 0.309 e. The first-order valence-electron chi connectivity index (χ1n) is 5.53. The molecule has 0 spiro atoms. The highest BCUT2D eigenvalue weighted by atomic mass is 32.2. The molecule has 0 saturated carbocycles. The van der Waals surface area contributed by atoms with Crippen molar-refractivity contribution in [1.29, 1.82) is 0 Å². The summed E-state index contributed by atoms with van der Waals surface area (Å²) in [6.45, 7) is 4.15. The molecular weight excluding hydrogens is 230 g/mol. The lowest BCUT2D eigenvalue weighted by Gasteiger charge is -2.35. The molecule has 0 aromatic rings. The first-order valence-corrected chi connectivity index (χ1v) is 7.14. The minimum atomic E-state index is -3.17.